The number of esters is 1. The van der Waals surface area contributed by atoms with Crippen LogP contribution in [0.25, 0.3) is 0 Å². The summed E-state index contributed by atoms with van der Waals surface area (Å²) in [6, 6.07) is -0.627. The van der Waals surface area contributed by atoms with Crippen LogP contribution in [0.2, 0.25) is 0 Å². The number of unbranched alkanes of at least 4 members (excludes halogenated alkanes) is 64. The van der Waals surface area contributed by atoms with E-state index in [0.29, 0.717) is 19.4 Å². The summed E-state index contributed by atoms with van der Waals surface area (Å²) in [5.41, 5.74) is 0. The molecule has 0 aromatic heterocycles. The maximum Gasteiger partial charge on any atom is 0.305 e. The molecule has 0 aliphatic carbocycles. The lowest BCUT2D eigenvalue weighted by molar-refractivity contribution is -0.143. The minimum Gasteiger partial charge on any atom is -0.466 e. The number of rotatable bonds is 79. The fourth-order valence-corrected chi connectivity index (χ4v) is 13.3. The van der Waals surface area contributed by atoms with Crippen molar-refractivity contribution in [2.45, 2.75) is 482 Å². The number of aliphatic hydroxyl groups excluding tert-OH is 2. The van der Waals surface area contributed by atoms with Crippen molar-refractivity contribution in [2.24, 2.45) is 0 Å². The Kier molecular flexibility index (Phi) is 78.8. The van der Waals surface area contributed by atoms with Crippen molar-refractivity contribution in [1.82, 2.24) is 5.32 Å². The number of hydrogen-bond acceptors (Lipinski definition) is 5. The molecule has 0 heterocycles. The van der Waals surface area contributed by atoms with Crippen molar-refractivity contribution in [3.8, 4) is 0 Å². The van der Waals surface area contributed by atoms with E-state index in [0.717, 1.165) is 44.9 Å². The molecule has 1 amide bonds. The highest BCUT2D eigenvalue weighted by Gasteiger charge is 2.18. The van der Waals surface area contributed by atoms with Crippen LogP contribution in [0.15, 0.2) is 36.5 Å². The molecule has 0 aliphatic rings. The maximum atomic E-state index is 12.5. The van der Waals surface area contributed by atoms with Gasteiger partial charge < -0.3 is 20.3 Å². The average molecular weight is 1280 g/mol. The van der Waals surface area contributed by atoms with Gasteiger partial charge in [0.15, 0.2) is 0 Å². The second-order valence-corrected chi connectivity index (χ2v) is 28.8. The van der Waals surface area contributed by atoms with Gasteiger partial charge in [0.25, 0.3) is 0 Å². The zero-order valence-corrected chi connectivity index (χ0v) is 61.9. The zero-order valence-electron chi connectivity index (χ0n) is 61.9. The summed E-state index contributed by atoms with van der Waals surface area (Å²) in [5.74, 6) is -0.0371. The quantitative estimate of drug-likeness (QED) is 0.0320. The second kappa shape index (κ2) is 80.5. The van der Waals surface area contributed by atoms with Gasteiger partial charge in [0.2, 0.25) is 5.91 Å². The molecule has 0 radical (unpaired) electrons. The van der Waals surface area contributed by atoms with Crippen LogP contribution in [0.5, 0.6) is 0 Å². The monoisotopic (exact) mass is 1280 g/mol. The lowest BCUT2D eigenvalue weighted by Gasteiger charge is -2.20. The number of nitrogens with one attached hydrogen (secondary N) is 1. The van der Waals surface area contributed by atoms with Crippen LogP contribution in [0, 0.1) is 0 Å². The van der Waals surface area contributed by atoms with Gasteiger partial charge in [-0.2, -0.15) is 0 Å². The number of aliphatic hydroxyl groups is 2. The van der Waals surface area contributed by atoms with E-state index in [1.165, 1.54) is 398 Å². The van der Waals surface area contributed by atoms with Crippen molar-refractivity contribution in [3.05, 3.63) is 36.5 Å². The van der Waals surface area contributed by atoms with Gasteiger partial charge in [0, 0.05) is 12.8 Å². The molecule has 3 N–H and O–H groups in total. The maximum absolute atomic E-state index is 12.5. The van der Waals surface area contributed by atoms with E-state index in [9.17, 15) is 19.8 Å². The van der Waals surface area contributed by atoms with Crippen LogP contribution in [-0.4, -0.2) is 47.4 Å². The van der Waals surface area contributed by atoms with Gasteiger partial charge in [0.1, 0.15) is 0 Å². The summed E-state index contributed by atoms with van der Waals surface area (Å²) in [5, 5.41) is 23.3. The van der Waals surface area contributed by atoms with Gasteiger partial charge in [-0.15, -0.1) is 0 Å². The molecule has 0 fully saturated rings. The first-order valence-corrected chi connectivity index (χ1v) is 41.8. The van der Waals surface area contributed by atoms with Crippen LogP contribution >= 0.6 is 0 Å². The zero-order chi connectivity index (χ0) is 65.6. The van der Waals surface area contributed by atoms with Crippen LogP contribution in [0.1, 0.15) is 470 Å². The molecular weight excluding hydrogens is 1110 g/mol. The summed E-state index contributed by atoms with van der Waals surface area (Å²) >= 11 is 0. The van der Waals surface area contributed by atoms with E-state index in [2.05, 4.69) is 43.5 Å². The second-order valence-electron chi connectivity index (χ2n) is 28.8. The van der Waals surface area contributed by atoms with E-state index in [1.807, 2.05) is 6.08 Å². The number of amides is 1. The Labute approximate surface area is 570 Å². The fraction of sp³-hybridized carbons (Fsp3) is 0.906. The fourth-order valence-electron chi connectivity index (χ4n) is 13.3. The number of ether oxygens (including phenoxy) is 1. The van der Waals surface area contributed by atoms with Crippen molar-refractivity contribution in [1.29, 1.82) is 0 Å². The molecule has 2 atom stereocenters. The molecule has 6 nitrogen and oxygen atoms in total. The molecule has 0 spiro atoms. The molecule has 91 heavy (non-hydrogen) atoms. The summed E-state index contributed by atoms with van der Waals surface area (Å²) in [6.07, 6.45) is 106. The predicted octanol–water partition coefficient (Wildman–Crippen LogP) is 27.8. The van der Waals surface area contributed by atoms with Gasteiger partial charge in [-0.3, -0.25) is 9.59 Å². The van der Waals surface area contributed by atoms with Crippen molar-refractivity contribution in [2.75, 3.05) is 13.2 Å². The lowest BCUT2D eigenvalue weighted by Crippen LogP contribution is -2.45. The molecular formula is C85H163NO5. The summed E-state index contributed by atoms with van der Waals surface area (Å²) in [6.45, 7) is 4.96. The summed E-state index contributed by atoms with van der Waals surface area (Å²) in [4.78, 5) is 24.7. The van der Waals surface area contributed by atoms with Crippen LogP contribution in [-0.2, 0) is 14.3 Å². The molecule has 0 aromatic carbocycles. The molecule has 0 saturated heterocycles. The highest BCUT2D eigenvalue weighted by Crippen LogP contribution is 2.20. The SMILES string of the molecule is CCCCCCCCCCCCCCCCCCC/C=C/C(O)C(CO)NC(=O)CCCCCCCCCCCCCCCCCCC/C=C\C/C=C\CCCCCCCCCCCCCCCOC(=O)CCCCCCCCCCCCCCCCCCCC. The first-order chi connectivity index (χ1) is 45.0. The van der Waals surface area contributed by atoms with E-state index in [1.54, 1.807) is 6.08 Å². The Bertz CT molecular complexity index is 1470. The number of hydrogen-bond donors (Lipinski definition) is 3. The third-order valence-electron chi connectivity index (χ3n) is 19.7. The Morgan fingerprint density at radius 2 is 0.549 bits per heavy atom. The molecule has 2 unspecified atom stereocenters. The van der Waals surface area contributed by atoms with E-state index < -0.39 is 12.1 Å². The highest BCUT2D eigenvalue weighted by molar-refractivity contribution is 5.76. The van der Waals surface area contributed by atoms with Gasteiger partial charge in [0.05, 0.1) is 25.4 Å². The van der Waals surface area contributed by atoms with Crippen molar-refractivity contribution in [3.63, 3.8) is 0 Å². The predicted molar refractivity (Wildman–Crippen MR) is 403 cm³/mol. The average Bonchev–Trinajstić information content (AvgIpc) is 3.59. The molecule has 0 bridgehead atoms. The molecule has 0 saturated carbocycles. The third kappa shape index (κ3) is 77.0. The Morgan fingerprint density at radius 1 is 0.308 bits per heavy atom. The van der Waals surface area contributed by atoms with Gasteiger partial charge in [-0.25, -0.2) is 0 Å². The lowest BCUT2D eigenvalue weighted by atomic mass is 10.0. The van der Waals surface area contributed by atoms with Crippen LogP contribution in [0.4, 0.5) is 0 Å². The first kappa shape index (κ1) is 89.1. The minimum absolute atomic E-state index is 0.0239. The van der Waals surface area contributed by atoms with Crippen LogP contribution in [0.3, 0.4) is 0 Å². The summed E-state index contributed by atoms with van der Waals surface area (Å²) < 4.78 is 5.52. The Balaban J connectivity index is 3.36. The third-order valence-corrected chi connectivity index (χ3v) is 19.7. The van der Waals surface area contributed by atoms with E-state index in [4.69, 9.17) is 4.74 Å². The molecule has 0 rings (SSSR count). The topological polar surface area (TPSA) is 95.9 Å². The first-order valence-electron chi connectivity index (χ1n) is 41.8. The van der Waals surface area contributed by atoms with Gasteiger partial charge >= 0.3 is 5.97 Å². The Hall–Kier alpha value is -1.92. The number of allylic oxidation sites excluding steroid dienone is 5. The standard InChI is InChI=1S/C85H163NO5/c1-3-5-7-9-11-13-15-17-19-21-42-45-49-53-57-61-65-69-73-77-83(88)82(81-87)86-84(89)78-74-70-66-62-58-54-50-46-43-40-38-36-34-32-30-28-26-24-23-25-27-29-31-33-35-37-39-41-44-48-52-56-60-64-68-72-76-80-91-85(90)79-75-71-67-63-59-55-51-47-22-20-18-16-14-12-10-8-6-4-2/h23,25,29,31,73,77,82-83,87-88H,3-22,24,26-28,30,32-72,74-76,78-81H2,1-2H3,(H,86,89)/b25-23-,31-29-,77-73+. The highest BCUT2D eigenvalue weighted by atomic mass is 16.5. The normalized spacial score (nSPS) is 12.6. The Morgan fingerprint density at radius 3 is 0.835 bits per heavy atom. The van der Waals surface area contributed by atoms with Crippen LogP contribution < -0.4 is 5.32 Å². The largest absolute Gasteiger partial charge is 0.466 e. The molecule has 538 valence electrons. The van der Waals surface area contributed by atoms with Crippen molar-refractivity contribution < 1.29 is 24.5 Å². The smallest absolute Gasteiger partial charge is 0.305 e. The number of carbonyl (C=O) groups is 2. The van der Waals surface area contributed by atoms with E-state index in [-0.39, 0.29) is 18.5 Å². The van der Waals surface area contributed by atoms with Gasteiger partial charge in [-0.05, 0) is 64.2 Å². The van der Waals surface area contributed by atoms with Gasteiger partial charge in [-0.1, -0.05) is 429 Å². The minimum atomic E-state index is -0.844. The number of carbonyl (C=O) groups excluding carboxylic acids is 2. The molecule has 0 aromatic rings. The summed E-state index contributed by atoms with van der Waals surface area (Å²) in [7, 11) is 0. The van der Waals surface area contributed by atoms with E-state index >= 15 is 0 Å². The molecule has 0 aliphatic heterocycles. The van der Waals surface area contributed by atoms with Crippen molar-refractivity contribution >= 4 is 11.9 Å². The molecule has 6 heteroatoms.